The number of rotatable bonds is 13. The number of benzene rings is 2. The number of amides is 4. The lowest BCUT2D eigenvalue weighted by Gasteiger charge is -2.34. The number of hydrogen-bond acceptors (Lipinski definition) is 7. The third-order valence-corrected chi connectivity index (χ3v) is 8.02. The van der Waals surface area contributed by atoms with Gasteiger partial charge in [0.1, 0.15) is 18.1 Å². The molecule has 0 saturated heterocycles. The minimum absolute atomic E-state index is 0.0595. The van der Waals surface area contributed by atoms with Gasteiger partial charge in [-0.3, -0.25) is 14.5 Å². The third-order valence-electron chi connectivity index (χ3n) is 6.92. The molecule has 44 heavy (non-hydrogen) atoms. The third kappa shape index (κ3) is 10.6. The molecule has 1 aliphatic rings. The van der Waals surface area contributed by atoms with Crippen molar-refractivity contribution >= 4 is 52.9 Å². The second kappa shape index (κ2) is 15.6. The number of carboxylic acid groups (broad SMARTS) is 2. The van der Waals surface area contributed by atoms with Crippen molar-refractivity contribution in [3.05, 3.63) is 59.7 Å². The van der Waals surface area contributed by atoms with Gasteiger partial charge in [-0.2, -0.15) is 11.8 Å². The largest absolute Gasteiger partial charge is 0.480 e. The smallest absolute Gasteiger partial charge is 0.327 e. The normalized spacial score (nSPS) is 16.1. The molecular formula is C31H41N5O7S. The highest BCUT2D eigenvalue weighted by atomic mass is 32.2. The summed E-state index contributed by atoms with van der Waals surface area (Å²) >= 11 is 1.19. The molecule has 1 heterocycles. The molecule has 3 atom stereocenters. The van der Waals surface area contributed by atoms with Crippen LogP contribution in [0, 0.1) is 5.41 Å². The summed E-state index contributed by atoms with van der Waals surface area (Å²) in [7, 11) is 1.79. The van der Waals surface area contributed by atoms with Crippen molar-refractivity contribution < 1.29 is 34.2 Å². The van der Waals surface area contributed by atoms with Crippen LogP contribution in [0.5, 0.6) is 0 Å². The van der Waals surface area contributed by atoms with Gasteiger partial charge in [-0.1, -0.05) is 45.0 Å². The molecule has 4 amide bonds. The number of para-hydroxylation sites is 1. The number of nitrogens with zero attached hydrogens (tertiary/aromatic N) is 1. The van der Waals surface area contributed by atoms with E-state index in [1.54, 1.807) is 31.3 Å². The summed E-state index contributed by atoms with van der Waals surface area (Å²) in [5.74, 6) is -2.88. The summed E-state index contributed by atoms with van der Waals surface area (Å²) < 4.78 is 0. The molecule has 6 N–H and O–H groups in total. The van der Waals surface area contributed by atoms with Gasteiger partial charge in [-0.15, -0.1) is 0 Å². The summed E-state index contributed by atoms with van der Waals surface area (Å²) in [5, 5.41) is 30.0. The minimum atomic E-state index is -1.20. The summed E-state index contributed by atoms with van der Waals surface area (Å²) in [4.78, 5) is 63.5. The lowest BCUT2D eigenvalue weighted by molar-refractivity contribution is -0.142. The summed E-state index contributed by atoms with van der Waals surface area (Å²) in [6.07, 6.45) is 0.882. The van der Waals surface area contributed by atoms with Crippen molar-refractivity contribution in [1.29, 1.82) is 0 Å². The van der Waals surface area contributed by atoms with Crippen molar-refractivity contribution in [3.8, 4) is 0 Å². The van der Waals surface area contributed by atoms with Crippen LogP contribution in [0.2, 0.25) is 0 Å². The van der Waals surface area contributed by atoms with Gasteiger partial charge in [-0.05, 0) is 66.4 Å². The molecule has 0 bridgehead atoms. The number of thioether (sulfide) groups is 1. The lowest BCUT2D eigenvalue weighted by Crippen LogP contribution is -2.48. The van der Waals surface area contributed by atoms with Crippen LogP contribution in [-0.4, -0.2) is 82.1 Å². The molecule has 2 aromatic rings. The molecule has 1 aliphatic heterocycles. The van der Waals surface area contributed by atoms with Gasteiger partial charge in [0.05, 0.1) is 0 Å². The maximum atomic E-state index is 13.4. The average Bonchev–Trinajstić information content (AvgIpc) is 2.93. The first-order valence-corrected chi connectivity index (χ1v) is 15.5. The zero-order valence-corrected chi connectivity index (χ0v) is 26.2. The molecule has 2 aromatic carbocycles. The van der Waals surface area contributed by atoms with Crippen LogP contribution in [0.4, 0.5) is 16.2 Å². The Morgan fingerprint density at radius 3 is 2.23 bits per heavy atom. The molecule has 0 spiro atoms. The van der Waals surface area contributed by atoms with E-state index in [0.29, 0.717) is 24.3 Å². The number of urea groups is 1. The lowest BCUT2D eigenvalue weighted by atomic mass is 9.91. The van der Waals surface area contributed by atoms with Crippen molar-refractivity contribution in [2.75, 3.05) is 35.7 Å². The Labute approximate surface area is 261 Å². The second-order valence-electron chi connectivity index (χ2n) is 12.0. The Morgan fingerprint density at radius 2 is 1.59 bits per heavy atom. The SMILES string of the molecule is CN1CCc2cc(NC(=O)Nc3ccccc3)ccc2C1C(=O)NC(CCSCC(NC(=O)CC(C)(C)C)C(=O)O)C(=O)O. The van der Waals surface area contributed by atoms with Gasteiger partial charge in [0.2, 0.25) is 11.8 Å². The number of carbonyl (C=O) groups is 5. The number of nitrogens with one attached hydrogen (secondary N) is 4. The Hall–Kier alpha value is -4.10. The molecular weight excluding hydrogens is 586 g/mol. The molecule has 12 nitrogen and oxygen atoms in total. The van der Waals surface area contributed by atoms with Crippen LogP contribution in [0.15, 0.2) is 48.5 Å². The maximum Gasteiger partial charge on any atom is 0.327 e. The highest BCUT2D eigenvalue weighted by molar-refractivity contribution is 7.99. The Kier molecular flexibility index (Phi) is 12.2. The van der Waals surface area contributed by atoms with E-state index in [1.165, 1.54) is 11.8 Å². The fourth-order valence-corrected chi connectivity index (χ4v) is 5.83. The van der Waals surface area contributed by atoms with E-state index in [9.17, 15) is 34.2 Å². The Bertz CT molecular complexity index is 1350. The van der Waals surface area contributed by atoms with Gasteiger partial charge in [0, 0.05) is 30.1 Å². The quantitative estimate of drug-likeness (QED) is 0.181. The molecule has 0 aliphatic carbocycles. The van der Waals surface area contributed by atoms with Gasteiger partial charge >= 0.3 is 18.0 Å². The van der Waals surface area contributed by atoms with E-state index in [2.05, 4.69) is 21.3 Å². The molecule has 0 radical (unpaired) electrons. The molecule has 13 heteroatoms. The number of hydrogen-bond donors (Lipinski definition) is 6. The standard InChI is InChI=1S/C31H41N5O7S/c1-31(2,3)17-25(37)34-24(29(41)42)18-44-15-13-23(28(39)40)35-27(38)26-22-11-10-21(16-19(22)12-14-36(26)4)33-30(43)32-20-8-6-5-7-9-20/h5-11,16,23-24,26H,12-15,17-18H2,1-4H3,(H,34,37)(H,35,38)(H,39,40)(H,41,42)(H2,32,33,43). The molecule has 0 saturated carbocycles. The van der Waals surface area contributed by atoms with Crippen LogP contribution in [0.25, 0.3) is 0 Å². The van der Waals surface area contributed by atoms with E-state index in [4.69, 9.17) is 0 Å². The summed E-state index contributed by atoms with van der Waals surface area (Å²) in [6, 6.07) is 10.9. The van der Waals surface area contributed by atoms with Gasteiger partial charge in [0.15, 0.2) is 0 Å². The first-order valence-electron chi connectivity index (χ1n) is 14.3. The first-order chi connectivity index (χ1) is 20.7. The predicted molar refractivity (Wildman–Crippen MR) is 170 cm³/mol. The van der Waals surface area contributed by atoms with Gasteiger partial charge in [-0.25, -0.2) is 14.4 Å². The second-order valence-corrected chi connectivity index (χ2v) is 13.1. The van der Waals surface area contributed by atoms with E-state index in [-0.39, 0.29) is 35.7 Å². The van der Waals surface area contributed by atoms with Crippen LogP contribution in [0.3, 0.4) is 0 Å². The number of anilines is 2. The maximum absolute atomic E-state index is 13.4. The Balaban J connectivity index is 1.58. The number of aliphatic carboxylic acids is 2. The zero-order chi connectivity index (χ0) is 32.4. The first kappa shape index (κ1) is 34.4. The fourth-order valence-electron chi connectivity index (χ4n) is 4.80. The highest BCUT2D eigenvalue weighted by Crippen LogP contribution is 2.31. The molecule has 0 aromatic heterocycles. The molecule has 0 fully saturated rings. The van der Waals surface area contributed by atoms with E-state index >= 15 is 0 Å². The van der Waals surface area contributed by atoms with E-state index < -0.39 is 42.0 Å². The highest BCUT2D eigenvalue weighted by Gasteiger charge is 2.33. The number of carbonyl (C=O) groups excluding carboxylic acids is 3. The Morgan fingerprint density at radius 1 is 0.932 bits per heavy atom. The predicted octanol–water partition coefficient (Wildman–Crippen LogP) is 3.56. The van der Waals surface area contributed by atoms with E-state index in [1.807, 2.05) is 49.9 Å². The summed E-state index contributed by atoms with van der Waals surface area (Å²) in [6.45, 7) is 6.19. The monoisotopic (exact) mass is 627 g/mol. The zero-order valence-electron chi connectivity index (χ0n) is 25.4. The van der Waals surface area contributed by atoms with Crippen LogP contribution in [0.1, 0.15) is 50.8 Å². The molecule has 3 rings (SSSR count). The molecule has 238 valence electrons. The van der Waals surface area contributed by atoms with Crippen molar-refractivity contribution in [2.45, 2.75) is 58.2 Å². The summed E-state index contributed by atoms with van der Waals surface area (Å²) in [5.41, 5.74) is 2.52. The number of likely N-dealkylation sites (N-methyl/N-ethyl adjacent to an activating group) is 1. The number of carboxylic acids is 2. The van der Waals surface area contributed by atoms with Gasteiger partial charge < -0.3 is 31.5 Å². The van der Waals surface area contributed by atoms with E-state index in [0.717, 1.165) is 11.1 Å². The number of fused-ring (bicyclic) bond motifs is 1. The van der Waals surface area contributed by atoms with Crippen molar-refractivity contribution in [1.82, 2.24) is 15.5 Å². The van der Waals surface area contributed by atoms with Crippen molar-refractivity contribution in [2.24, 2.45) is 5.41 Å². The van der Waals surface area contributed by atoms with Crippen molar-refractivity contribution in [3.63, 3.8) is 0 Å². The average molecular weight is 628 g/mol. The van der Waals surface area contributed by atoms with Crippen LogP contribution >= 0.6 is 11.8 Å². The van der Waals surface area contributed by atoms with Crippen LogP contribution in [-0.2, 0) is 25.6 Å². The van der Waals surface area contributed by atoms with Gasteiger partial charge in [0.25, 0.3) is 0 Å². The van der Waals surface area contributed by atoms with Crippen LogP contribution < -0.4 is 21.3 Å². The molecule has 3 unspecified atom stereocenters. The fraction of sp³-hybridized carbons (Fsp3) is 0.452. The topological polar surface area (TPSA) is 177 Å². The minimum Gasteiger partial charge on any atom is -0.480 e.